The van der Waals surface area contributed by atoms with Crippen molar-refractivity contribution in [2.45, 2.75) is 42.9 Å². The molecular formula is C11H15BrO3. The second-order valence-electron chi connectivity index (χ2n) is 4.73. The highest BCUT2D eigenvalue weighted by atomic mass is 79.9. The van der Waals surface area contributed by atoms with Gasteiger partial charge in [0.05, 0.1) is 4.83 Å². The van der Waals surface area contributed by atoms with Crippen LogP contribution in [-0.2, 0) is 14.3 Å². The van der Waals surface area contributed by atoms with Gasteiger partial charge in [-0.15, -0.1) is 0 Å². The number of rotatable bonds is 2. The van der Waals surface area contributed by atoms with E-state index in [1.54, 1.807) is 0 Å². The van der Waals surface area contributed by atoms with E-state index < -0.39 is 5.79 Å². The SMILES string of the molecule is CCO[C@]12O[C@@H]3C[C@H]1C[C@H](C[C@H]2Br)C3=O. The van der Waals surface area contributed by atoms with Crippen molar-refractivity contribution < 1.29 is 14.3 Å². The first-order valence-electron chi connectivity index (χ1n) is 5.67. The minimum absolute atomic E-state index is 0.171. The molecule has 0 aromatic heterocycles. The zero-order valence-electron chi connectivity index (χ0n) is 8.74. The van der Waals surface area contributed by atoms with E-state index in [9.17, 15) is 4.79 Å². The van der Waals surface area contributed by atoms with E-state index in [-0.39, 0.29) is 16.8 Å². The highest BCUT2D eigenvalue weighted by molar-refractivity contribution is 9.09. The molecule has 0 aromatic carbocycles. The summed E-state index contributed by atoms with van der Waals surface area (Å²) in [5.74, 6) is 0.398. The van der Waals surface area contributed by atoms with Crippen LogP contribution in [0.15, 0.2) is 0 Å². The zero-order valence-corrected chi connectivity index (χ0v) is 10.3. The summed E-state index contributed by atoms with van der Waals surface area (Å²) in [6.45, 7) is 2.62. The molecule has 0 unspecified atom stereocenters. The van der Waals surface area contributed by atoms with Gasteiger partial charge in [-0.25, -0.2) is 0 Å². The van der Waals surface area contributed by atoms with E-state index in [1.165, 1.54) is 0 Å². The van der Waals surface area contributed by atoms with Crippen LogP contribution in [0.1, 0.15) is 26.2 Å². The van der Waals surface area contributed by atoms with E-state index in [0.29, 0.717) is 18.3 Å². The van der Waals surface area contributed by atoms with Crippen LogP contribution >= 0.6 is 15.9 Å². The normalized spacial score (nSPS) is 52.5. The molecule has 1 aliphatic heterocycles. The van der Waals surface area contributed by atoms with Gasteiger partial charge < -0.3 is 9.47 Å². The van der Waals surface area contributed by atoms with Crippen molar-refractivity contribution in [1.29, 1.82) is 0 Å². The van der Waals surface area contributed by atoms with Gasteiger partial charge in [0, 0.05) is 18.4 Å². The monoisotopic (exact) mass is 274 g/mol. The van der Waals surface area contributed by atoms with Crippen LogP contribution < -0.4 is 0 Å². The fourth-order valence-corrected chi connectivity index (χ4v) is 4.44. The Kier molecular flexibility index (Phi) is 2.24. The first-order valence-corrected chi connectivity index (χ1v) is 6.58. The summed E-state index contributed by atoms with van der Waals surface area (Å²) in [5.41, 5.74) is 0. The van der Waals surface area contributed by atoms with Gasteiger partial charge in [-0.2, -0.15) is 0 Å². The summed E-state index contributed by atoms with van der Waals surface area (Å²) in [6.07, 6.45) is 2.49. The largest absolute Gasteiger partial charge is 0.349 e. The summed E-state index contributed by atoms with van der Waals surface area (Å²) >= 11 is 3.65. The molecule has 0 N–H and O–H groups in total. The predicted octanol–water partition coefficient (Wildman–Crippen LogP) is 1.88. The van der Waals surface area contributed by atoms with Gasteiger partial charge in [0.15, 0.2) is 11.6 Å². The zero-order chi connectivity index (χ0) is 10.6. The molecule has 0 aromatic rings. The van der Waals surface area contributed by atoms with Crippen LogP contribution in [-0.4, -0.2) is 29.1 Å². The smallest absolute Gasteiger partial charge is 0.184 e. The highest BCUT2D eigenvalue weighted by Crippen LogP contribution is 2.55. The van der Waals surface area contributed by atoms with Crippen LogP contribution in [0.25, 0.3) is 0 Å². The van der Waals surface area contributed by atoms with E-state index in [4.69, 9.17) is 9.47 Å². The van der Waals surface area contributed by atoms with Crippen molar-refractivity contribution in [3.05, 3.63) is 0 Å². The minimum Gasteiger partial charge on any atom is -0.349 e. The van der Waals surface area contributed by atoms with Gasteiger partial charge in [0.25, 0.3) is 0 Å². The number of ketones is 1. The molecule has 3 aliphatic rings. The van der Waals surface area contributed by atoms with Crippen molar-refractivity contribution >= 4 is 21.7 Å². The first-order chi connectivity index (χ1) is 7.17. The van der Waals surface area contributed by atoms with Crippen molar-refractivity contribution in [3.8, 4) is 0 Å². The average molecular weight is 275 g/mol. The van der Waals surface area contributed by atoms with E-state index in [1.807, 2.05) is 6.92 Å². The third-order valence-electron chi connectivity index (χ3n) is 3.98. The Hall–Kier alpha value is 0.0700. The van der Waals surface area contributed by atoms with Crippen molar-refractivity contribution in [3.63, 3.8) is 0 Å². The fraction of sp³-hybridized carbons (Fsp3) is 0.909. The maximum Gasteiger partial charge on any atom is 0.184 e. The summed E-state index contributed by atoms with van der Waals surface area (Å²) in [4.78, 5) is 12.1. The van der Waals surface area contributed by atoms with Crippen LogP contribution in [0.5, 0.6) is 0 Å². The predicted molar refractivity (Wildman–Crippen MR) is 57.8 cm³/mol. The molecule has 0 radical (unpaired) electrons. The Balaban J connectivity index is 1.99. The number of carbonyl (C=O) groups excluding carboxylic acids is 1. The lowest BCUT2D eigenvalue weighted by Crippen LogP contribution is -2.51. The number of Topliss-reactive ketones (excluding diaryl/α,β-unsaturated/α-hetero) is 1. The molecule has 2 saturated carbocycles. The lowest BCUT2D eigenvalue weighted by atomic mass is 9.70. The van der Waals surface area contributed by atoms with E-state index in [2.05, 4.69) is 15.9 Å². The maximum absolute atomic E-state index is 11.9. The van der Waals surface area contributed by atoms with Crippen molar-refractivity contribution in [2.24, 2.45) is 11.8 Å². The minimum atomic E-state index is -0.512. The molecule has 0 spiro atoms. The van der Waals surface area contributed by atoms with E-state index in [0.717, 1.165) is 19.3 Å². The fourth-order valence-electron chi connectivity index (χ4n) is 3.37. The molecule has 3 bridgehead atoms. The molecule has 1 heterocycles. The molecule has 84 valence electrons. The van der Waals surface area contributed by atoms with Crippen LogP contribution in [0, 0.1) is 11.8 Å². The molecule has 0 amide bonds. The lowest BCUT2D eigenvalue weighted by Gasteiger charge is -2.42. The number of ether oxygens (including phenoxy) is 2. The number of alkyl halides is 1. The molecule has 3 nitrogen and oxygen atoms in total. The molecule has 15 heavy (non-hydrogen) atoms. The van der Waals surface area contributed by atoms with Gasteiger partial charge in [-0.3, -0.25) is 4.79 Å². The maximum atomic E-state index is 11.9. The molecular weight excluding hydrogens is 260 g/mol. The first kappa shape index (κ1) is 10.2. The number of fused-ring (bicyclic) bond motifs is 2. The number of carbonyl (C=O) groups is 1. The number of hydrogen-bond donors (Lipinski definition) is 0. The Morgan fingerprint density at radius 1 is 1.53 bits per heavy atom. The molecule has 3 fully saturated rings. The highest BCUT2D eigenvalue weighted by Gasteiger charge is 2.63. The topological polar surface area (TPSA) is 35.5 Å². The summed E-state index contributed by atoms with van der Waals surface area (Å²) in [7, 11) is 0. The second-order valence-corrected chi connectivity index (χ2v) is 5.84. The van der Waals surface area contributed by atoms with Crippen molar-refractivity contribution in [1.82, 2.24) is 0 Å². The van der Waals surface area contributed by atoms with Gasteiger partial charge in [0.2, 0.25) is 0 Å². The second kappa shape index (κ2) is 3.28. The molecule has 5 atom stereocenters. The van der Waals surface area contributed by atoms with E-state index >= 15 is 0 Å². The molecule has 4 heteroatoms. The standard InChI is InChI=1S/C11H15BrO3/c1-2-14-11-7-3-6(4-9(11)12)10(13)8(5-7)15-11/h6-9H,2-5H2,1H3/t6-,7-,8-,9-,11+/m1/s1. The van der Waals surface area contributed by atoms with Crippen LogP contribution in [0.2, 0.25) is 0 Å². The molecule has 3 rings (SSSR count). The summed E-state index contributed by atoms with van der Waals surface area (Å²) in [6, 6.07) is 0. The summed E-state index contributed by atoms with van der Waals surface area (Å²) < 4.78 is 11.7. The Labute approximate surface area is 97.6 Å². The van der Waals surface area contributed by atoms with Gasteiger partial charge >= 0.3 is 0 Å². The molecule has 2 aliphatic carbocycles. The van der Waals surface area contributed by atoms with Gasteiger partial charge in [-0.1, -0.05) is 15.9 Å². The van der Waals surface area contributed by atoms with Gasteiger partial charge in [0.1, 0.15) is 6.10 Å². The number of halogens is 1. The van der Waals surface area contributed by atoms with Crippen molar-refractivity contribution in [2.75, 3.05) is 6.61 Å². The van der Waals surface area contributed by atoms with Crippen LogP contribution in [0.3, 0.4) is 0 Å². The summed E-state index contributed by atoms with van der Waals surface area (Å²) in [5, 5.41) is 0. The third kappa shape index (κ3) is 1.22. The number of hydrogen-bond acceptors (Lipinski definition) is 3. The third-order valence-corrected chi connectivity index (χ3v) is 4.99. The lowest BCUT2D eigenvalue weighted by molar-refractivity contribution is -0.239. The Bertz CT molecular complexity index is 304. The van der Waals surface area contributed by atoms with Gasteiger partial charge in [-0.05, 0) is 26.2 Å². The quantitative estimate of drug-likeness (QED) is 0.722. The average Bonchev–Trinajstić information content (AvgIpc) is 2.49. The Morgan fingerprint density at radius 2 is 2.33 bits per heavy atom. The van der Waals surface area contributed by atoms with Crippen LogP contribution in [0.4, 0.5) is 0 Å². The molecule has 1 saturated heterocycles. The Morgan fingerprint density at radius 3 is 3.07 bits per heavy atom.